The van der Waals surface area contributed by atoms with Gasteiger partial charge in [-0.15, -0.1) is 0 Å². The van der Waals surface area contributed by atoms with Crippen LogP contribution >= 0.6 is 0 Å². The van der Waals surface area contributed by atoms with E-state index in [1.54, 1.807) is 6.08 Å². The highest BCUT2D eigenvalue weighted by molar-refractivity contribution is 5.76. The van der Waals surface area contributed by atoms with Crippen LogP contribution in [0.1, 0.15) is 232 Å². The smallest absolute Gasteiger partial charge is 0.220 e. The molecule has 7 atom stereocenters. The van der Waals surface area contributed by atoms with Gasteiger partial charge in [0.15, 0.2) is 6.29 Å². The summed E-state index contributed by atoms with van der Waals surface area (Å²) in [6, 6.07) is -0.822. The molecule has 9 nitrogen and oxygen atoms in total. The van der Waals surface area contributed by atoms with E-state index in [9.17, 15) is 30.3 Å². The molecule has 1 saturated heterocycles. The first-order valence-corrected chi connectivity index (χ1v) is 27.7. The molecule has 1 aliphatic rings. The highest BCUT2D eigenvalue weighted by atomic mass is 16.7. The summed E-state index contributed by atoms with van der Waals surface area (Å²) in [6.07, 6.45) is 58.3. The molecule has 388 valence electrons. The van der Waals surface area contributed by atoms with Crippen molar-refractivity contribution in [2.45, 2.75) is 275 Å². The molecule has 0 bridgehead atoms. The van der Waals surface area contributed by atoms with Crippen molar-refractivity contribution in [3.8, 4) is 0 Å². The summed E-state index contributed by atoms with van der Waals surface area (Å²) in [5.74, 6) is -0.188. The van der Waals surface area contributed by atoms with Crippen LogP contribution in [0.4, 0.5) is 0 Å². The summed E-state index contributed by atoms with van der Waals surface area (Å²) >= 11 is 0. The minimum Gasteiger partial charge on any atom is -0.394 e. The summed E-state index contributed by atoms with van der Waals surface area (Å²) in [5, 5.41) is 54.3. The Labute approximate surface area is 410 Å². The van der Waals surface area contributed by atoms with Gasteiger partial charge >= 0.3 is 0 Å². The van der Waals surface area contributed by atoms with E-state index in [2.05, 4.69) is 79.9 Å². The number of hydrogen-bond donors (Lipinski definition) is 6. The lowest BCUT2D eigenvalue weighted by Gasteiger charge is -2.40. The molecule has 9 heteroatoms. The first-order chi connectivity index (χ1) is 32.8. The molecule has 0 saturated carbocycles. The molecule has 0 aromatic carbocycles. The summed E-state index contributed by atoms with van der Waals surface area (Å²) in [5.41, 5.74) is 0. The number of carbonyl (C=O) groups excluding carboxylic acids is 1. The van der Waals surface area contributed by atoms with Crippen molar-refractivity contribution in [2.24, 2.45) is 0 Å². The molecule has 1 heterocycles. The number of aliphatic hydroxyl groups excluding tert-OH is 5. The molecule has 0 spiro atoms. The van der Waals surface area contributed by atoms with E-state index < -0.39 is 49.5 Å². The molecule has 1 rings (SSSR count). The lowest BCUT2D eigenvalue weighted by Crippen LogP contribution is -2.60. The van der Waals surface area contributed by atoms with Crippen LogP contribution in [0.25, 0.3) is 0 Å². The second-order valence-electron chi connectivity index (χ2n) is 19.0. The van der Waals surface area contributed by atoms with Crippen LogP contribution in [0.3, 0.4) is 0 Å². The molecule has 0 aromatic rings. The number of amides is 1. The SMILES string of the molecule is CC/C=C\C/C=C\C/C=C\C/C=C\CCCCCCCCCCCCCCCCCCCCC(=O)NC(COC1OC(CO)C(O)C(O)C1O)C(O)/C=C/CC/C=C/CCCCCCCCC. The van der Waals surface area contributed by atoms with E-state index in [1.165, 1.54) is 148 Å². The predicted octanol–water partition coefficient (Wildman–Crippen LogP) is 13.3. The van der Waals surface area contributed by atoms with Crippen LogP contribution < -0.4 is 5.32 Å². The largest absolute Gasteiger partial charge is 0.394 e. The van der Waals surface area contributed by atoms with E-state index in [-0.39, 0.29) is 12.5 Å². The number of aliphatic hydroxyl groups is 5. The Morgan fingerprint density at radius 2 is 0.940 bits per heavy atom. The van der Waals surface area contributed by atoms with E-state index >= 15 is 0 Å². The van der Waals surface area contributed by atoms with Crippen molar-refractivity contribution in [3.05, 3.63) is 72.9 Å². The number of carbonyl (C=O) groups is 1. The molecular formula is C58H103NO8. The van der Waals surface area contributed by atoms with Crippen LogP contribution in [0, 0.1) is 0 Å². The van der Waals surface area contributed by atoms with Crippen molar-refractivity contribution in [2.75, 3.05) is 13.2 Å². The number of unbranched alkanes of at least 4 members (excludes halogenated alkanes) is 26. The molecule has 1 fully saturated rings. The van der Waals surface area contributed by atoms with Gasteiger partial charge in [0.1, 0.15) is 24.4 Å². The fraction of sp³-hybridized carbons (Fsp3) is 0.776. The van der Waals surface area contributed by atoms with Crippen LogP contribution in [-0.2, 0) is 14.3 Å². The zero-order valence-corrected chi connectivity index (χ0v) is 42.9. The fourth-order valence-electron chi connectivity index (χ4n) is 8.40. The zero-order chi connectivity index (χ0) is 48.7. The van der Waals surface area contributed by atoms with Gasteiger partial charge in [0.25, 0.3) is 0 Å². The Bertz CT molecular complexity index is 1280. The van der Waals surface area contributed by atoms with Gasteiger partial charge in [-0.1, -0.05) is 228 Å². The maximum Gasteiger partial charge on any atom is 0.220 e. The number of ether oxygens (including phenoxy) is 2. The molecule has 1 amide bonds. The van der Waals surface area contributed by atoms with E-state index in [0.29, 0.717) is 6.42 Å². The number of hydrogen-bond acceptors (Lipinski definition) is 8. The van der Waals surface area contributed by atoms with Gasteiger partial charge in [0.2, 0.25) is 5.91 Å². The van der Waals surface area contributed by atoms with Gasteiger partial charge in [0, 0.05) is 6.42 Å². The van der Waals surface area contributed by atoms with Crippen molar-refractivity contribution < 1.29 is 39.8 Å². The van der Waals surface area contributed by atoms with Gasteiger partial charge in [-0.05, 0) is 70.6 Å². The maximum absolute atomic E-state index is 13.0. The first-order valence-electron chi connectivity index (χ1n) is 27.7. The van der Waals surface area contributed by atoms with Crippen molar-refractivity contribution >= 4 is 5.91 Å². The Morgan fingerprint density at radius 3 is 1.43 bits per heavy atom. The van der Waals surface area contributed by atoms with Crippen LogP contribution in [-0.4, -0.2) is 87.5 Å². The third-order valence-electron chi connectivity index (χ3n) is 12.8. The highest BCUT2D eigenvalue weighted by Crippen LogP contribution is 2.23. The minimum atomic E-state index is -1.57. The predicted molar refractivity (Wildman–Crippen MR) is 281 cm³/mol. The maximum atomic E-state index is 13.0. The Hall–Kier alpha value is -2.37. The molecule has 0 aliphatic carbocycles. The Kier molecular flexibility index (Phi) is 44.2. The quantitative estimate of drug-likeness (QED) is 0.0261. The van der Waals surface area contributed by atoms with Crippen LogP contribution in [0.15, 0.2) is 72.9 Å². The Balaban J connectivity index is 2.16. The summed E-state index contributed by atoms with van der Waals surface area (Å²) < 4.78 is 11.2. The van der Waals surface area contributed by atoms with Gasteiger partial charge in [0.05, 0.1) is 25.4 Å². The molecule has 6 N–H and O–H groups in total. The van der Waals surface area contributed by atoms with E-state index in [0.717, 1.165) is 64.2 Å². The highest BCUT2D eigenvalue weighted by Gasteiger charge is 2.44. The van der Waals surface area contributed by atoms with Gasteiger partial charge < -0.3 is 40.3 Å². The second kappa shape index (κ2) is 47.3. The second-order valence-corrected chi connectivity index (χ2v) is 19.0. The lowest BCUT2D eigenvalue weighted by atomic mass is 9.99. The van der Waals surface area contributed by atoms with Crippen molar-refractivity contribution in [1.82, 2.24) is 5.32 Å². The summed E-state index contributed by atoms with van der Waals surface area (Å²) in [6.45, 7) is 3.64. The third kappa shape index (κ3) is 37.2. The summed E-state index contributed by atoms with van der Waals surface area (Å²) in [4.78, 5) is 13.0. The minimum absolute atomic E-state index is 0.188. The summed E-state index contributed by atoms with van der Waals surface area (Å²) in [7, 11) is 0. The molecule has 0 aromatic heterocycles. The fourth-order valence-corrected chi connectivity index (χ4v) is 8.40. The molecular weight excluding hydrogens is 839 g/mol. The normalized spacial score (nSPS) is 20.3. The van der Waals surface area contributed by atoms with Crippen LogP contribution in [0.2, 0.25) is 0 Å². The molecule has 1 aliphatic heterocycles. The standard InChI is InChI=1S/C58H103NO8/c1-3-5-7-9-11-13-15-17-18-19-20-21-22-23-24-25-26-27-28-29-30-31-32-33-34-36-38-40-42-44-46-48-54(62)59-51(50-66-58-57(65)56(64)55(63)53(49-60)67-58)52(61)47-45-43-41-39-37-35-16-14-12-10-8-6-4-2/h5,7,11,13,17-18,20-21,37,39,45,47,51-53,55-58,60-61,63-65H,3-4,6,8-10,12,14-16,19,22-36,38,40-44,46,48-50H2,1-2H3,(H,59,62)/b7-5-,13-11-,18-17-,21-20-,39-37+,47-45+. The zero-order valence-electron chi connectivity index (χ0n) is 42.9. The average molecular weight is 942 g/mol. The van der Waals surface area contributed by atoms with Crippen molar-refractivity contribution in [1.29, 1.82) is 0 Å². The monoisotopic (exact) mass is 942 g/mol. The average Bonchev–Trinajstić information content (AvgIpc) is 3.33. The van der Waals surface area contributed by atoms with Gasteiger partial charge in [-0.3, -0.25) is 4.79 Å². The van der Waals surface area contributed by atoms with Gasteiger partial charge in [-0.25, -0.2) is 0 Å². The third-order valence-corrected chi connectivity index (χ3v) is 12.8. The number of allylic oxidation sites excluding steroid dienone is 11. The molecule has 0 radical (unpaired) electrons. The first kappa shape index (κ1) is 62.6. The Morgan fingerprint density at radius 1 is 0.522 bits per heavy atom. The molecule has 7 unspecified atom stereocenters. The topological polar surface area (TPSA) is 149 Å². The van der Waals surface area contributed by atoms with Gasteiger partial charge in [-0.2, -0.15) is 0 Å². The molecule has 67 heavy (non-hydrogen) atoms. The lowest BCUT2D eigenvalue weighted by molar-refractivity contribution is -0.302. The van der Waals surface area contributed by atoms with E-state index in [4.69, 9.17) is 9.47 Å². The van der Waals surface area contributed by atoms with Crippen molar-refractivity contribution in [3.63, 3.8) is 0 Å². The van der Waals surface area contributed by atoms with E-state index in [1.807, 2.05) is 6.08 Å². The number of nitrogens with one attached hydrogen (secondary N) is 1. The number of rotatable bonds is 46. The van der Waals surface area contributed by atoms with Crippen LogP contribution in [0.5, 0.6) is 0 Å².